The Morgan fingerprint density at radius 3 is 2.58 bits per heavy atom. The molecule has 0 aromatic heterocycles. The van der Waals surface area contributed by atoms with E-state index in [1.165, 1.54) is 4.90 Å². The van der Waals surface area contributed by atoms with Crippen molar-refractivity contribution in [3.8, 4) is 5.75 Å². The summed E-state index contributed by atoms with van der Waals surface area (Å²) in [6.07, 6.45) is 1.74. The van der Waals surface area contributed by atoms with Crippen LogP contribution in [0.2, 0.25) is 0 Å². The Labute approximate surface area is 150 Å². The number of hydrogen-bond acceptors (Lipinski definition) is 3. The van der Waals surface area contributed by atoms with Crippen molar-refractivity contribution in [2.45, 2.75) is 12.8 Å². The standard InChI is InChI=1S/C21H18N2O3/c24-19-12-4-8-15-16(19)9-3-10-17(15)22-20(25)21(26)23-13-5-7-14-6-1-2-11-18(14)23/h1-4,6,8-12,24H,5,7,13H2,(H,22,25). The summed E-state index contributed by atoms with van der Waals surface area (Å²) in [4.78, 5) is 26.9. The maximum Gasteiger partial charge on any atom is 0.316 e. The predicted octanol–water partition coefficient (Wildman–Crippen LogP) is 3.46. The SMILES string of the molecule is O=C(Nc1cccc2c(O)cccc12)C(=O)N1CCCc2ccccc21. The van der Waals surface area contributed by atoms with Crippen LogP contribution in [0.15, 0.2) is 60.7 Å². The monoisotopic (exact) mass is 346 g/mol. The van der Waals surface area contributed by atoms with Crippen LogP contribution in [0.1, 0.15) is 12.0 Å². The summed E-state index contributed by atoms with van der Waals surface area (Å²) in [5.74, 6) is -1.12. The Morgan fingerprint density at radius 1 is 0.923 bits per heavy atom. The van der Waals surface area contributed by atoms with E-state index in [0.29, 0.717) is 23.0 Å². The van der Waals surface area contributed by atoms with E-state index in [1.807, 2.05) is 24.3 Å². The van der Waals surface area contributed by atoms with Crippen LogP contribution in [0, 0.1) is 0 Å². The number of phenolic OH excluding ortho intramolecular Hbond substituents is 1. The summed E-state index contributed by atoms with van der Waals surface area (Å²) in [7, 11) is 0. The second-order valence-corrected chi connectivity index (χ2v) is 6.32. The molecule has 1 aliphatic rings. The van der Waals surface area contributed by atoms with Gasteiger partial charge in [-0.3, -0.25) is 9.59 Å². The number of aryl methyl sites for hydroxylation is 1. The molecule has 3 aromatic rings. The molecule has 0 atom stereocenters. The van der Waals surface area contributed by atoms with Crippen LogP contribution in [-0.2, 0) is 16.0 Å². The molecule has 2 N–H and O–H groups in total. The lowest BCUT2D eigenvalue weighted by atomic mass is 10.0. The molecule has 1 aliphatic heterocycles. The number of aromatic hydroxyl groups is 1. The van der Waals surface area contributed by atoms with Gasteiger partial charge in [0.2, 0.25) is 0 Å². The van der Waals surface area contributed by atoms with Gasteiger partial charge in [0.15, 0.2) is 0 Å². The number of carbonyl (C=O) groups excluding carboxylic acids is 2. The molecule has 5 nitrogen and oxygen atoms in total. The molecule has 0 unspecified atom stereocenters. The smallest absolute Gasteiger partial charge is 0.316 e. The van der Waals surface area contributed by atoms with Crippen LogP contribution in [0.25, 0.3) is 10.8 Å². The van der Waals surface area contributed by atoms with Crippen LogP contribution in [0.4, 0.5) is 11.4 Å². The quantitative estimate of drug-likeness (QED) is 0.663. The fourth-order valence-corrected chi connectivity index (χ4v) is 3.45. The Hall–Kier alpha value is -3.34. The number of nitrogens with one attached hydrogen (secondary N) is 1. The van der Waals surface area contributed by atoms with Gasteiger partial charge in [-0.1, -0.05) is 42.5 Å². The number of amides is 2. The minimum Gasteiger partial charge on any atom is -0.507 e. The van der Waals surface area contributed by atoms with Gasteiger partial charge in [-0.2, -0.15) is 0 Å². The number of rotatable bonds is 1. The number of hydrogen-bond donors (Lipinski definition) is 2. The van der Waals surface area contributed by atoms with Gasteiger partial charge in [-0.25, -0.2) is 0 Å². The maximum atomic E-state index is 12.7. The number of fused-ring (bicyclic) bond motifs is 2. The van der Waals surface area contributed by atoms with Crippen molar-refractivity contribution in [3.63, 3.8) is 0 Å². The summed E-state index contributed by atoms with van der Waals surface area (Å²) >= 11 is 0. The highest BCUT2D eigenvalue weighted by Gasteiger charge is 2.27. The Kier molecular flexibility index (Phi) is 4.05. The normalized spacial score (nSPS) is 13.3. The third-order valence-electron chi connectivity index (χ3n) is 4.70. The lowest BCUT2D eigenvalue weighted by Gasteiger charge is -2.28. The number of para-hydroxylation sites is 1. The molecule has 0 spiro atoms. The second kappa shape index (κ2) is 6.52. The van der Waals surface area contributed by atoms with Gasteiger partial charge in [0.1, 0.15) is 5.75 Å². The lowest BCUT2D eigenvalue weighted by Crippen LogP contribution is -2.42. The zero-order chi connectivity index (χ0) is 18.1. The Morgan fingerprint density at radius 2 is 1.69 bits per heavy atom. The van der Waals surface area contributed by atoms with Gasteiger partial charge in [0.05, 0.1) is 0 Å². The first-order chi connectivity index (χ1) is 12.6. The largest absolute Gasteiger partial charge is 0.507 e. The van der Waals surface area contributed by atoms with E-state index in [2.05, 4.69) is 5.32 Å². The third kappa shape index (κ3) is 2.77. The van der Waals surface area contributed by atoms with Gasteiger partial charge in [0, 0.05) is 28.7 Å². The van der Waals surface area contributed by atoms with E-state index in [0.717, 1.165) is 24.1 Å². The number of benzene rings is 3. The fourth-order valence-electron chi connectivity index (χ4n) is 3.45. The summed E-state index contributed by atoms with van der Waals surface area (Å²) in [5, 5.41) is 14.0. The first-order valence-electron chi connectivity index (χ1n) is 8.56. The van der Waals surface area contributed by atoms with Gasteiger partial charge in [0.25, 0.3) is 0 Å². The molecule has 130 valence electrons. The molecule has 0 saturated heterocycles. The predicted molar refractivity (Wildman–Crippen MR) is 101 cm³/mol. The van der Waals surface area contributed by atoms with E-state index in [4.69, 9.17) is 0 Å². The highest BCUT2D eigenvalue weighted by molar-refractivity contribution is 6.44. The van der Waals surface area contributed by atoms with E-state index in [-0.39, 0.29) is 5.75 Å². The van der Waals surface area contributed by atoms with E-state index in [9.17, 15) is 14.7 Å². The number of carbonyl (C=O) groups is 2. The van der Waals surface area contributed by atoms with E-state index in [1.54, 1.807) is 36.4 Å². The van der Waals surface area contributed by atoms with Crippen molar-refractivity contribution in [2.24, 2.45) is 0 Å². The van der Waals surface area contributed by atoms with E-state index >= 15 is 0 Å². The first kappa shape index (κ1) is 16.1. The average molecular weight is 346 g/mol. The first-order valence-corrected chi connectivity index (χ1v) is 8.56. The molecule has 0 bridgehead atoms. The fraction of sp³-hybridized carbons (Fsp3) is 0.143. The number of phenols is 1. The maximum absolute atomic E-state index is 12.7. The minimum absolute atomic E-state index is 0.134. The van der Waals surface area contributed by atoms with Crippen LogP contribution >= 0.6 is 0 Å². The summed E-state index contributed by atoms with van der Waals surface area (Å²) in [6.45, 7) is 0.527. The molecule has 0 saturated carbocycles. The van der Waals surface area contributed by atoms with Crippen LogP contribution in [0.5, 0.6) is 5.75 Å². The van der Waals surface area contributed by atoms with Gasteiger partial charge in [-0.15, -0.1) is 0 Å². The molecule has 0 radical (unpaired) electrons. The number of anilines is 2. The summed E-state index contributed by atoms with van der Waals surface area (Å²) in [5.41, 5.74) is 2.38. The van der Waals surface area contributed by atoms with Crippen LogP contribution < -0.4 is 10.2 Å². The molecular weight excluding hydrogens is 328 g/mol. The van der Waals surface area contributed by atoms with E-state index < -0.39 is 11.8 Å². The average Bonchev–Trinajstić information content (AvgIpc) is 2.68. The van der Waals surface area contributed by atoms with Crippen molar-refractivity contribution < 1.29 is 14.7 Å². The third-order valence-corrected chi connectivity index (χ3v) is 4.70. The Bertz CT molecular complexity index is 1010. The van der Waals surface area contributed by atoms with Crippen molar-refractivity contribution in [1.29, 1.82) is 0 Å². The molecule has 1 heterocycles. The Balaban J connectivity index is 1.62. The number of nitrogens with zero attached hydrogens (tertiary/aromatic N) is 1. The molecule has 0 aliphatic carbocycles. The summed E-state index contributed by atoms with van der Waals surface area (Å²) < 4.78 is 0. The zero-order valence-electron chi connectivity index (χ0n) is 14.1. The molecule has 26 heavy (non-hydrogen) atoms. The van der Waals surface area contributed by atoms with Crippen LogP contribution in [0.3, 0.4) is 0 Å². The van der Waals surface area contributed by atoms with Crippen molar-refractivity contribution in [3.05, 3.63) is 66.2 Å². The highest BCUT2D eigenvalue weighted by Crippen LogP contribution is 2.30. The molecule has 4 rings (SSSR count). The topological polar surface area (TPSA) is 69.6 Å². The molecule has 0 fully saturated rings. The van der Waals surface area contributed by atoms with Crippen molar-refractivity contribution in [1.82, 2.24) is 0 Å². The molecule has 2 amide bonds. The molecule has 3 aromatic carbocycles. The van der Waals surface area contributed by atoms with Crippen LogP contribution in [-0.4, -0.2) is 23.5 Å². The van der Waals surface area contributed by atoms with Gasteiger partial charge in [-0.05, 0) is 36.6 Å². The van der Waals surface area contributed by atoms with Crippen molar-refractivity contribution in [2.75, 3.05) is 16.8 Å². The van der Waals surface area contributed by atoms with Gasteiger partial charge < -0.3 is 15.3 Å². The lowest BCUT2D eigenvalue weighted by molar-refractivity contribution is -0.134. The zero-order valence-corrected chi connectivity index (χ0v) is 14.1. The molecule has 5 heteroatoms. The molecular formula is C21H18N2O3. The minimum atomic E-state index is -0.683. The van der Waals surface area contributed by atoms with Gasteiger partial charge >= 0.3 is 11.8 Å². The summed E-state index contributed by atoms with van der Waals surface area (Å²) in [6, 6.07) is 18.0. The van der Waals surface area contributed by atoms with Crippen molar-refractivity contribution >= 4 is 34.0 Å². The highest BCUT2D eigenvalue weighted by atomic mass is 16.3. The second-order valence-electron chi connectivity index (χ2n) is 6.32.